The van der Waals surface area contributed by atoms with E-state index in [2.05, 4.69) is 5.32 Å². The quantitative estimate of drug-likeness (QED) is 0.644. The van der Waals surface area contributed by atoms with E-state index in [1.165, 1.54) is 6.07 Å². The number of nitro groups is 1. The molecule has 1 rings (SSSR count). The number of nitro benzene ring substituents is 1. The van der Waals surface area contributed by atoms with Gasteiger partial charge >= 0.3 is 5.69 Å². The summed E-state index contributed by atoms with van der Waals surface area (Å²) in [6.07, 6.45) is 0. The molecule has 0 heterocycles. The lowest BCUT2D eigenvalue weighted by Gasteiger charge is -2.28. The van der Waals surface area contributed by atoms with Crippen LogP contribution in [0.2, 0.25) is 0 Å². The highest BCUT2D eigenvalue weighted by molar-refractivity contribution is 5.94. The molecule has 0 spiro atoms. The Kier molecular flexibility index (Phi) is 5.37. The summed E-state index contributed by atoms with van der Waals surface area (Å²) in [6.45, 7) is 5.19. The molecule has 0 bridgehead atoms. The molecule has 1 aromatic rings. The summed E-state index contributed by atoms with van der Waals surface area (Å²) in [7, 11) is 3.87. The first-order chi connectivity index (χ1) is 9.62. The minimum atomic E-state index is -0.954. The monoisotopic (exact) mass is 297 g/mol. The van der Waals surface area contributed by atoms with Crippen molar-refractivity contribution < 1.29 is 14.1 Å². The first-order valence-electron chi connectivity index (χ1n) is 6.49. The molecule has 21 heavy (non-hydrogen) atoms. The van der Waals surface area contributed by atoms with E-state index < -0.39 is 22.3 Å². The van der Waals surface area contributed by atoms with Crippen molar-refractivity contribution in [2.75, 3.05) is 27.2 Å². The van der Waals surface area contributed by atoms with Gasteiger partial charge in [0.05, 0.1) is 4.92 Å². The highest BCUT2D eigenvalue weighted by Gasteiger charge is 2.22. The maximum absolute atomic E-state index is 13.2. The van der Waals surface area contributed by atoms with Gasteiger partial charge in [0.2, 0.25) is 5.82 Å². The van der Waals surface area contributed by atoms with E-state index in [1.807, 2.05) is 32.8 Å². The van der Waals surface area contributed by atoms with Crippen molar-refractivity contribution in [2.24, 2.45) is 5.41 Å². The number of rotatable bonds is 6. The van der Waals surface area contributed by atoms with Crippen LogP contribution in [0.3, 0.4) is 0 Å². The van der Waals surface area contributed by atoms with Crippen molar-refractivity contribution >= 4 is 11.6 Å². The zero-order valence-electron chi connectivity index (χ0n) is 12.6. The Labute approximate surface area is 123 Å². The molecule has 116 valence electrons. The number of benzene rings is 1. The predicted molar refractivity (Wildman–Crippen MR) is 77.7 cm³/mol. The minimum absolute atomic E-state index is 0.0729. The molecule has 0 atom stereocenters. The van der Waals surface area contributed by atoms with Crippen molar-refractivity contribution in [3.8, 4) is 0 Å². The fraction of sp³-hybridized carbons (Fsp3) is 0.500. The van der Waals surface area contributed by atoms with Crippen LogP contribution in [0.15, 0.2) is 18.2 Å². The number of halogens is 1. The Morgan fingerprint density at radius 3 is 2.57 bits per heavy atom. The van der Waals surface area contributed by atoms with Crippen molar-refractivity contribution in [1.82, 2.24) is 10.2 Å². The molecule has 0 aliphatic rings. The second-order valence-corrected chi connectivity index (χ2v) is 6.01. The molecular weight excluding hydrogens is 277 g/mol. The largest absolute Gasteiger partial charge is 0.351 e. The van der Waals surface area contributed by atoms with Gasteiger partial charge in [0, 0.05) is 24.7 Å². The minimum Gasteiger partial charge on any atom is -0.351 e. The standard InChI is InChI=1S/C14H20FN3O3/c1-14(2,9-17(3)4)8-16-13(19)10-5-6-11(15)12(7-10)18(20)21/h5-7H,8-9H2,1-4H3,(H,16,19). The Bertz CT molecular complexity index is 544. The molecule has 0 radical (unpaired) electrons. The maximum atomic E-state index is 13.2. The zero-order valence-corrected chi connectivity index (χ0v) is 12.6. The van der Waals surface area contributed by atoms with Crippen molar-refractivity contribution in [1.29, 1.82) is 0 Å². The second-order valence-electron chi connectivity index (χ2n) is 6.01. The van der Waals surface area contributed by atoms with Crippen LogP contribution in [0.4, 0.5) is 10.1 Å². The van der Waals surface area contributed by atoms with Crippen LogP contribution in [0.25, 0.3) is 0 Å². The second kappa shape index (κ2) is 6.62. The van der Waals surface area contributed by atoms with E-state index in [4.69, 9.17) is 0 Å². The maximum Gasteiger partial charge on any atom is 0.305 e. The molecule has 1 aromatic carbocycles. The average Bonchev–Trinajstić information content (AvgIpc) is 2.34. The molecule has 0 aliphatic heterocycles. The number of carbonyl (C=O) groups excluding carboxylic acids is 1. The molecule has 0 saturated carbocycles. The Hall–Kier alpha value is -2.02. The molecule has 7 heteroatoms. The van der Waals surface area contributed by atoms with Gasteiger partial charge in [-0.05, 0) is 31.6 Å². The van der Waals surface area contributed by atoms with Crippen molar-refractivity contribution in [2.45, 2.75) is 13.8 Å². The summed E-state index contributed by atoms with van der Waals surface area (Å²) in [5, 5.41) is 13.4. The lowest BCUT2D eigenvalue weighted by Crippen LogP contribution is -2.40. The normalized spacial score (nSPS) is 11.5. The fourth-order valence-corrected chi connectivity index (χ4v) is 2.13. The van der Waals surface area contributed by atoms with Gasteiger partial charge in [-0.1, -0.05) is 13.8 Å². The molecule has 6 nitrogen and oxygen atoms in total. The predicted octanol–water partition coefficient (Wildman–Crippen LogP) is 2.05. The SMILES string of the molecule is CN(C)CC(C)(C)CNC(=O)c1ccc(F)c([N+](=O)[O-])c1. The van der Waals surface area contributed by atoms with Crippen LogP contribution in [0, 0.1) is 21.3 Å². The third-order valence-electron chi connectivity index (χ3n) is 2.88. The van der Waals surface area contributed by atoms with Crippen LogP contribution in [0.1, 0.15) is 24.2 Å². The molecule has 0 aliphatic carbocycles. The van der Waals surface area contributed by atoms with E-state index in [-0.39, 0.29) is 11.0 Å². The lowest BCUT2D eigenvalue weighted by atomic mass is 9.93. The van der Waals surface area contributed by atoms with Gasteiger partial charge in [-0.3, -0.25) is 14.9 Å². The van der Waals surface area contributed by atoms with Gasteiger partial charge in [-0.25, -0.2) is 0 Å². The van der Waals surface area contributed by atoms with Gasteiger partial charge in [-0.2, -0.15) is 4.39 Å². The van der Waals surface area contributed by atoms with E-state index in [9.17, 15) is 19.3 Å². The number of nitrogens with zero attached hydrogens (tertiary/aromatic N) is 2. The highest BCUT2D eigenvalue weighted by Crippen LogP contribution is 2.19. The highest BCUT2D eigenvalue weighted by atomic mass is 19.1. The summed E-state index contributed by atoms with van der Waals surface area (Å²) in [6, 6.07) is 3.11. The first kappa shape index (κ1) is 17.0. The summed E-state index contributed by atoms with van der Waals surface area (Å²) in [5.41, 5.74) is -0.774. The fourth-order valence-electron chi connectivity index (χ4n) is 2.13. The van der Waals surface area contributed by atoms with Crippen LogP contribution < -0.4 is 5.32 Å². The number of amides is 1. The Morgan fingerprint density at radius 2 is 2.05 bits per heavy atom. The number of hydrogen-bond acceptors (Lipinski definition) is 4. The van der Waals surface area contributed by atoms with Crippen LogP contribution >= 0.6 is 0 Å². The van der Waals surface area contributed by atoms with Crippen LogP contribution in [-0.4, -0.2) is 42.9 Å². The van der Waals surface area contributed by atoms with E-state index in [0.29, 0.717) is 6.54 Å². The lowest BCUT2D eigenvalue weighted by molar-refractivity contribution is -0.387. The van der Waals surface area contributed by atoms with Crippen LogP contribution in [0.5, 0.6) is 0 Å². The third kappa shape index (κ3) is 5.11. The van der Waals surface area contributed by atoms with Gasteiger partial charge < -0.3 is 10.2 Å². The first-order valence-corrected chi connectivity index (χ1v) is 6.49. The number of hydrogen-bond donors (Lipinski definition) is 1. The third-order valence-corrected chi connectivity index (χ3v) is 2.88. The molecule has 1 N–H and O–H groups in total. The molecule has 0 unspecified atom stereocenters. The van der Waals surface area contributed by atoms with Crippen LogP contribution in [-0.2, 0) is 0 Å². The molecular formula is C14H20FN3O3. The summed E-state index contributed by atoms with van der Waals surface area (Å²) < 4.78 is 13.2. The Balaban J connectivity index is 2.77. The van der Waals surface area contributed by atoms with Crippen molar-refractivity contribution in [3.63, 3.8) is 0 Å². The van der Waals surface area contributed by atoms with Gasteiger partial charge in [0.25, 0.3) is 5.91 Å². The average molecular weight is 297 g/mol. The van der Waals surface area contributed by atoms with E-state index >= 15 is 0 Å². The molecule has 1 amide bonds. The summed E-state index contributed by atoms with van der Waals surface area (Å²) in [4.78, 5) is 23.8. The van der Waals surface area contributed by atoms with Gasteiger partial charge in [-0.15, -0.1) is 0 Å². The summed E-state index contributed by atoms with van der Waals surface area (Å²) in [5.74, 6) is -1.41. The Morgan fingerprint density at radius 1 is 1.43 bits per heavy atom. The van der Waals surface area contributed by atoms with E-state index in [0.717, 1.165) is 18.7 Å². The number of nitrogens with one attached hydrogen (secondary N) is 1. The zero-order chi connectivity index (χ0) is 16.2. The molecule has 0 aromatic heterocycles. The number of carbonyl (C=O) groups is 1. The topological polar surface area (TPSA) is 75.5 Å². The molecule has 0 fully saturated rings. The molecule has 0 saturated heterocycles. The van der Waals surface area contributed by atoms with E-state index in [1.54, 1.807) is 0 Å². The summed E-state index contributed by atoms with van der Waals surface area (Å²) >= 11 is 0. The van der Waals surface area contributed by atoms with Gasteiger partial charge in [0.1, 0.15) is 0 Å². The van der Waals surface area contributed by atoms with Crippen molar-refractivity contribution in [3.05, 3.63) is 39.7 Å². The smallest absolute Gasteiger partial charge is 0.305 e. The van der Waals surface area contributed by atoms with Gasteiger partial charge in [0.15, 0.2) is 0 Å².